The van der Waals surface area contributed by atoms with Gasteiger partial charge in [-0.3, -0.25) is 4.79 Å². The zero-order valence-corrected chi connectivity index (χ0v) is 13.3. The number of halogens is 1. The van der Waals surface area contributed by atoms with Crippen molar-refractivity contribution in [2.24, 2.45) is 0 Å². The number of amides is 1. The molecule has 0 bridgehead atoms. The summed E-state index contributed by atoms with van der Waals surface area (Å²) in [5, 5.41) is 7.39. The van der Waals surface area contributed by atoms with Crippen molar-refractivity contribution < 1.29 is 9.32 Å². The molecule has 6 heteroatoms. The normalized spacial score (nSPS) is 10.6. The Kier molecular flexibility index (Phi) is 6.14. The predicted octanol–water partition coefficient (Wildman–Crippen LogP) is 3.75. The van der Waals surface area contributed by atoms with Crippen LogP contribution in [0.15, 0.2) is 34.9 Å². The number of benzene rings is 1. The van der Waals surface area contributed by atoms with Crippen LogP contribution >= 0.6 is 23.4 Å². The van der Waals surface area contributed by atoms with Crippen LogP contribution < -0.4 is 5.32 Å². The molecule has 4 nitrogen and oxygen atoms in total. The fraction of sp³-hybridized carbons (Fsp3) is 0.333. The molecule has 0 saturated carbocycles. The maximum Gasteiger partial charge on any atom is 0.221 e. The van der Waals surface area contributed by atoms with Gasteiger partial charge in [0.15, 0.2) is 5.76 Å². The van der Waals surface area contributed by atoms with Crippen molar-refractivity contribution in [1.82, 2.24) is 10.5 Å². The van der Waals surface area contributed by atoms with Crippen LogP contribution in [0.2, 0.25) is 5.02 Å². The molecule has 0 unspecified atom stereocenters. The summed E-state index contributed by atoms with van der Waals surface area (Å²) in [7, 11) is 0. The lowest BCUT2D eigenvalue weighted by molar-refractivity contribution is -0.120. The first-order chi connectivity index (χ1) is 10.2. The van der Waals surface area contributed by atoms with Crippen molar-refractivity contribution in [3.05, 3.63) is 41.0 Å². The monoisotopic (exact) mass is 324 g/mol. The maximum absolute atomic E-state index is 11.6. The molecule has 0 aliphatic rings. The van der Waals surface area contributed by atoms with Gasteiger partial charge in [0, 0.05) is 23.8 Å². The van der Waals surface area contributed by atoms with Gasteiger partial charge in [0.25, 0.3) is 0 Å². The van der Waals surface area contributed by atoms with Gasteiger partial charge in [-0.05, 0) is 17.9 Å². The van der Waals surface area contributed by atoms with Crippen LogP contribution in [0.25, 0.3) is 11.3 Å². The molecule has 0 saturated heterocycles. The smallest absolute Gasteiger partial charge is 0.221 e. The molecule has 1 amide bonds. The van der Waals surface area contributed by atoms with Crippen molar-refractivity contribution in [2.75, 3.05) is 11.5 Å². The Morgan fingerprint density at radius 3 is 3.00 bits per heavy atom. The number of aromatic nitrogens is 1. The van der Waals surface area contributed by atoms with E-state index in [1.807, 2.05) is 18.2 Å². The lowest BCUT2D eigenvalue weighted by Gasteiger charge is -2.01. The van der Waals surface area contributed by atoms with E-state index < -0.39 is 0 Å². The van der Waals surface area contributed by atoms with Crippen molar-refractivity contribution in [1.29, 1.82) is 0 Å². The van der Waals surface area contributed by atoms with Crippen molar-refractivity contribution in [2.45, 2.75) is 19.9 Å². The molecular formula is C15H17ClN2O2S. The average Bonchev–Trinajstić information content (AvgIpc) is 2.94. The second-order valence-corrected chi connectivity index (χ2v) is 6.19. The highest BCUT2D eigenvalue weighted by Crippen LogP contribution is 2.27. The van der Waals surface area contributed by atoms with Crippen LogP contribution in [0.3, 0.4) is 0 Å². The summed E-state index contributed by atoms with van der Waals surface area (Å²) in [5.74, 6) is 2.49. The van der Waals surface area contributed by atoms with Crippen molar-refractivity contribution in [3.8, 4) is 11.3 Å². The van der Waals surface area contributed by atoms with E-state index in [1.165, 1.54) is 0 Å². The van der Waals surface area contributed by atoms with Crippen molar-refractivity contribution >= 4 is 29.3 Å². The molecule has 1 heterocycles. The van der Waals surface area contributed by atoms with E-state index in [4.69, 9.17) is 16.1 Å². The number of hydrogen-bond donors (Lipinski definition) is 1. The van der Waals surface area contributed by atoms with E-state index in [1.54, 1.807) is 23.9 Å². The number of nitrogens with zero attached hydrogens (tertiary/aromatic N) is 1. The van der Waals surface area contributed by atoms with E-state index in [2.05, 4.69) is 17.4 Å². The fourth-order valence-electron chi connectivity index (χ4n) is 1.77. The van der Waals surface area contributed by atoms with Crippen LogP contribution in [0.5, 0.6) is 0 Å². The summed E-state index contributed by atoms with van der Waals surface area (Å²) in [5.41, 5.74) is 1.48. The SMILES string of the molecule is CCSCCC(=O)NCc1cc(-c2ccccc2Cl)on1. The standard InChI is InChI=1S/C15H17ClN2O2S/c1-2-21-8-7-15(19)17-10-11-9-14(20-18-11)12-5-3-4-6-13(12)16/h3-6,9H,2,7-8,10H2,1H3,(H,17,19). The van der Waals surface area contributed by atoms with Crippen LogP contribution in [0, 0.1) is 0 Å². The van der Waals surface area contributed by atoms with E-state index >= 15 is 0 Å². The minimum Gasteiger partial charge on any atom is -0.356 e. The molecule has 21 heavy (non-hydrogen) atoms. The molecule has 0 atom stereocenters. The Morgan fingerprint density at radius 1 is 1.43 bits per heavy atom. The minimum absolute atomic E-state index is 0.0262. The van der Waals surface area contributed by atoms with E-state index in [9.17, 15) is 4.79 Å². The molecule has 1 N–H and O–H groups in total. The topological polar surface area (TPSA) is 55.1 Å². The number of carbonyl (C=O) groups excluding carboxylic acids is 1. The Morgan fingerprint density at radius 2 is 2.24 bits per heavy atom. The van der Waals surface area contributed by atoms with Gasteiger partial charge in [0.2, 0.25) is 5.91 Å². The third-order valence-corrected chi connectivity index (χ3v) is 4.07. The molecule has 1 aromatic carbocycles. The van der Waals surface area contributed by atoms with Gasteiger partial charge >= 0.3 is 0 Å². The molecule has 0 fully saturated rings. The van der Waals surface area contributed by atoms with Gasteiger partial charge in [-0.25, -0.2) is 0 Å². The summed E-state index contributed by atoms with van der Waals surface area (Å²) < 4.78 is 5.27. The molecule has 0 radical (unpaired) electrons. The summed E-state index contributed by atoms with van der Waals surface area (Å²) >= 11 is 7.86. The minimum atomic E-state index is 0.0262. The van der Waals surface area contributed by atoms with Gasteiger partial charge in [-0.2, -0.15) is 11.8 Å². The van der Waals surface area contributed by atoms with E-state index in [-0.39, 0.29) is 5.91 Å². The summed E-state index contributed by atoms with van der Waals surface area (Å²) in [6.07, 6.45) is 0.522. The highest BCUT2D eigenvalue weighted by molar-refractivity contribution is 7.99. The van der Waals surface area contributed by atoms with Gasteiger partial charge in [-0.1, -0.05) is 35.8 Å². The molecule has 0 aliphatic carbocycles. The van der Waals surface area contributed by atoms with Gasteiger partial charge < -0.3 is 9.84 Å². The maximum atomic E-state index is 11.6. The molecule has 112 valence electrons. The number of nitrogens with one attached hydrogen (secondary N) is 1. The van der Waals surface area contributed by atoms with Crippen LogP contribution in [-0.4, -0.2) is 22.6 Å². The molecule has 2 aromatic rings. The largest absolute Gasteiger partial charge is 0.356 e. The number of rotatable bonds is 7. The zero-order chi connectivity index (χ0) is 15.1. The van der Waals surface area contributed by atoms with Crippen LogP contribution in [0.1, 0.15) is 19.0 Å². The summed E-state index contributed by atoms with van der Waals surface area (Å²) in [6.45, 7) is 2.44. The lowest BCUT2D eigenvalue weighted by Crippen LogP contribution is -2.23. The fourth-order valence-corrected chi connectivity index (χ4v) is 2.62. The van der Waals surface area contributed by atoms with Crippen LogP contribution in [0.4, 0.5) is 0 Å². The number of carbonyl (C=O) groups is 1. The van der Waals surface area contributed by atoms with Crippen molar-refractivity contribution in [3.63, 3.8) is 0 Å². The molecule has 1 aromatic heterocycles. The summed E-state index contributed by atoms with van der Waals surface area (Å²) in [6, 6.07) is 9.20. The van der Waals surface area contributed by atoms with Gasteiger partial charge in [0.1, 0.15) is 5.69 Å². The molecule has 2 rings (SSSR count). The van der Waals surface area contributed by atoms with Crippen LogP contribution in [-0.2, 0) is 11.3 Å². The lowest BCUT2D eigenvalue weighted by atomic mass is 10.1. The Hall–Kier alpha value is -1.46. The van der Waals surface area contributed by atoms with E-state index in [0.717, 1.165) is 17.1 Å². The second kappa shape index (κ2) is 8.10. The zero-order valence-electron chi connectivity index (χ0n) is 11.8. The Bertz CT molecular complexity index is 601. The third kappa shape index (κ3) is 4.79. The molecule has 0 spiro atoms. The van der Waals surface area contributed by atoms with Gasteiger partial charge in [-0.15, -0.1) is 0 Å². The summed E-state index contributed by atoms with van der Waals surface area (Å²) in [4.78, 5) is 11.6. The number of hydrogen-bond acceptors (Lipinski definition) is 4. The Labute approximate surface area is 133 Å². The highest BCUT2D eigenvalue weighted by Gasteiger charge is 2.10. The first-order valence-corrected chi connectivity index (χ1v) is 8.29. The number of thioether (sulfide) groups is 1. The second-order valence-electron chi connectivity index (χ2n) is 4.39. The highest BCUT2D eigenvalue weighted by atomic mass is 35.5. The predicted molar refractivity (Wildman–Crippen MR) is 86.4 cm³/mol. The molecular weight excluding hydrogens is 308 g/mol. The first kappa shape index (κ1) is 15.9. The third-order valence-electron chi connectivity index (χ3n) is 2.84. The van der Waals surface area contributed by atoms with Gasteiger partial charge in [0.05, 0.1) is 11.6 Å². The molecule has 0 aliphatic heterocycles. The Balaban J connectivity index is 1.89. The van der Waals surface area contributed by atoms with E-state index in [0.29, 0.717) is 29.4 Å². The average molecular weight is 325 g/mol. The quantitative estimate of drug-likeness (QED) is 0.788. The first-order valence-electron chi connectivity index (χ1n) is 6.75.